The molecule has 0 radical (unpaired) electrons. The van der Waals surface area contributed by atoms with Crippen LogP contribution < -0.4 is 9.64 Å². The molecule has 4 heteroatoms. The number of hydrogen-bond acceptors (Lipinski definition) is 3. The summed E-state index contributed by atoms with van der Waals surface area (Å²) in [7, 11) is 0. The van der Waals surface area contributed by atoms with E-state index in [1.807, 2.05) is 19.1 Å². The summed E-state index contributed by atoms with van der Waals surface area (Å²) in [4.78, 5) is 16.6. The molecule has 1 aliphatic carbocycles. The molecule has 0 bridgehead atoms. The molecule has 0 atom stereocenters. The lowest BCUT2D eigenvalue weighted by atomic mass is 9.84. The van der Waals surface area contributed by atoms with Gasteiger partial charge in [0.25, 0.3) is 0 Å². The van der Waals surface area contributed by atoms with Crippen LogP contribution in [0.1, 0.15) is 26.2 Å². The van der Waals surface area contributed by atoms with Gasteiger partial charge in [0.2, 0.25) is 5.91 Å². The lowest BCUT2D eigenvalue weighted by Crippen LogP contribution is -2.51. The van der Waals surface area contributed by atoms with Crippen LogP contribution in [0, 0.1) is 5.92 Å². The Labute approximate surface area is 126 Å². The molecule has 1 aromatic carbocycles. The third-order valence-corrected chi connectivity index (χ3v) is 4.56. The van der Waals surface area contributed by atoms with E-state index in [-0.39, 0.29) is 0 Å². The van der Waals surface area contributed by atoms with Gasteiger partial charge in [-0.15, -0.1) is 0 Å². The van der Waals surface area contributed by atoms with Crippen LogP contribution in [0.3, 0.4) is 0 Å². The summed E-state index contributed by atoms with van der Waals surface area (Å²) < 4.78 is 5.47. The first-order valence-electron chi connectivity index (χ1n) is 8.04. The fourth-order valence-electron chi connectivity index (χ4n) is 3.02. The first kappa shape index (κ1) is 14.2. The van der Waals surface area contributed by atoms with E-state index in [0.29, 0.717) is 18.4 Å². The van der Waals surface area contributed by atoms with Gasteiger partial charge in [0.05, 0.1) is 6.61 Å². The second-order valence-electron chi connectivity index (χ2n) is 5.87. The topological polar surface area (TPSA) is 32.8 Å². The summed E-state index contributed by atoms with van der Waals surface area (Å²) in [6, 6.07) is 8.25. The third-order valence-electron chi connectivity index (χ3n) is 4.56. The Balaban J connectivity index is 1.53. The van der Waals surface area contributed by atoms with Gasteiger partial charge >= 0.3 is 0 Å². The van der Waals surface area contributed by atoms with E-state index < -0.39 is 0 Å². The average Bonchev–Trinajstić information content (AvgIpc) is 2.47. The van der Waals surface area contributed by atoms with Crippen LogP contribution in [0.2, 0.25) is 0 Å². The molecule has 0 N–H and O–H groups in total. The third kappa shape index (κ3) is 3.14. The molecular weight excluding hydrogens is 264 g/mol. The Morgan fingerprint density at radius 2 is 1.81 bits per heavy atom. The van der Waals surface area contributed by atoms with Gasteiger partial charge in [-0.05, 0) is 44.0 Å². The predicted octanol–water partition coefficient (Wildman–Crippen LogP) is 2.53. The zero-order valence-corrected chi connectivity index (χ0v) is 12.8. The maximum atomic E-state index is 12.2. The molecule has 3 rings (SSSR count). The van der Waals surface area contributed by atoms with Crippen molar-refractivity contribution in [3.05, 3.63) is 24.3 Å². The Kier molecular flexibility index (Phi) is 4.32. The second-order valence-corrected chi connectivity index (χ2v) is 5.87. The zero-order valence-electron chi connectivity index (χ0n) is 12.8. The number of nitrogens with zero attached hydrogens (tertiary/aromatic N) is 2. The smallest absolute Gasteiger partial charge is 0.225 e. The molecule has 0 spiro atoms. The molecule has 2 aliphatic rings. The molecule has 0 aromatic heterocycles. The minimum absolute atomic E-state index is 0.321. The van der Waals surface area contributed by atoms with Crippen LogP contribution in [0.25, 0.3) is 0 Å². The Hall–Kier alpha value is -1.71. The van der Waals surface area contributed by atoms with Crippen LogP contribution in [0.5, 0.6) is 5.75 Å². The van der Waals surface area contributed by atoms with E-state index in [2.05, 4.69) is 21.9 Å². The summed E-state index contributed by atoms with van der Waals surface area (Å²) in [5.41, 5.74) is 1.22. The largest absolute Gasteiger partial charge is 0.494 e. The number of rotatable bonds is 4. The number of ether oxygens (including phenoxy) is 1. The van der Waals surface area contributed by atoms with E-state index in [9.17, 15) is 4.79 Å². The van der Waals surface area contributed by atoms with E-state index in [4.69, 9.17) is 4.74 Å². The summed E-state index contributed by atoms with van der Waals surface area (Å²) in [5.74, 6) is 1.62. The molecular formula is C17H24N2O2. The number of carbonyl (C=O) groups excluding carboxylic acids is 1. The zero-order chi connectivity index (χ0) is 14.7. The van der Waals surface area contributed by atoms with Gasteiger partial charge in [0.15, 0.2) is 0 Å². The highest BCUT2D eigenvalue weighted by Crippen LogP contribution is 2.29. The van der Waals surface area contributed by atoms with Crippen LogP contribution in [-0.4, -0.2) is 43.6 Å². The standard InChI is InChI=1S/C17H24N2O2/c1-2-21-16-8-6-15(7-9-16)18-10-12-19(13-11-18)17(20)14-4-3-5-14/h6-9,14H,2-5,10-13H2,1H3. The van der Waals surface area contributed by atoms with E-state index in [0.717, 1.165) is 44.8 Å². The molecule has 4 nitrogen and oxygen atoms in total. The van der Waals surface area contributed by atoms with Gasteiger partial charge in [-0.25, -0.2) is 0 Å². The van der Waals surface area contributed by atoms with Crippen molar-refractivity contribution in [3.63, 3.8) is 0 Å². The van der Waals surface area contributed by atoms with Gasteiger partial charge in [0, 0.05) is 37.8 Å². The molecule has 1 aromatic rings. The van der Waals surface area contributed by atoms with Gasteiger partial charge in [-0.1, -0.05) is 6.42 Å². The van der Waals surface area contributed by atoms with Gasteiger partial charge in [-0.2, -0.15) is 0 Å². The molecule has 114 valence electrons. The molecule has 1 heterocycles. The first-order chi connectivity index (χ1) is 10.3. The monoisotopic (exact) mass is 288 g/mol. The van der Waals surface area contributed by atoms with Crippen molar-refractivity contribution >= 4 is 11.6 Å². The van der Waals surface area contributed by atoms with Gasteiger partial charge in [0.1, 0.15) is 5.75 Å². The number of benzene rings is 1. The molecule has 1 aliphatic heterocycles. The molecule has 21 heavy (non-hydrogen) atoms. The van der Waals surface area contributed by atoms with Crippen LogP contribution in [-0.2, 0) is 4.79 Å². The summed E-state index contributed by atoms with van der Waals surface area (Å²) in [6.07, 6.45) is 3.42. The van der Waals surface area contributed by atoms with Crippen molar-refractivity contribution in [1.29, 1.82) is 0 Å². The number of hydrogen-bond donors (Lipinski definition) is 0. The second kappa shape index (κ2) is 6.37. The number of carbonyl (C=O) groups is 1. The molecule has 1 amide bonds. The van der Waals surface area contributed by atoms with E-state index in [1.54, 1.807) is 0 Å². The van der Waals surface area contributed by atoms with E-state index >= 15 is 0 Å². The summed E-state index contributed by atoms with van der Waals surface area (Å²) in [5, 5.41) is 0. The highest BCUT2D eigenvalue weighted by molar-refractivity contribution is 5.79. The van der Waals surface area contributed by atoms with Crippen molar-refractivity contribution in [2.24, 2.45) is 5.92 Å². The van der Waals surface area contributed by atoms with Crippen molar-refractivity contribution < 1.29 is 9.53 Å². The fraction of sp³-hybridized carbons (Fsp3) is 0.588. The number of piperazine rings is 1. The lowest BCUT2D eigenvalue weighted by molar-refractivity contribution is -0.138. The highest BCUT2D eigenvalue weighted by atomic mass is 16.5. The van der Waals surface area contributed by atoms with Gasteiger partial charge < -0.3 is 14.5 Å². The Morgan fingerprint density at radius 1 is 1.14 bits per heavy atom. The Morgan fingerprint density at radius 3 is 2.33 bits per heavy atom. The van der Waals surface area contributed by atoms with Crippen LogP contribution in [0.4, 0.5) is 5.69 Å². The molecule has 1 saturated carbocycles. The maximum absolute atomic E-state index is 12.2. The first-order valence-corrected chi connectivity index (χ1v) is 8.04. The van der Waals surface area contributed by atoms with Crippen molar-refractivity contribution in [3.8, 4) is 5.75 Å². The maximum Gasteiger partial charge on any atom is 0.225 e. The van der Waals surface area contributed by atoms with Crippen molar-refractivity contribution in [1.82, 2.24) is 4.90 Å². The van der Waals surface area contributed by atoms with Crippen LogP contribution in [0.15, 0.2) is 24.3 Å². The SMILES string of the molecule is CCOc1ccc(N2CCN(C(=O)C3CCC3)CC2)cc1. The normalized spacial score (nSPS) is 19.3. The van der Waals surface area contributed by atoms with Crippen LogP contribution >= 0.6 is 0 Å². The number of anilines is 1. The van der Waals surface area contributed by atoms with E-state index in [1.165, 1.54) is 12.1 Å². The molecule has 1 saturated heterocycles. The molecule has 2 fully saturated rings. The lowest BCUT2D eigenvalue weighted by Gasteiger charge is -2.39. The number of amides is 1. The highest BCUT2D eigenvalue weighted by Gasteiger charge is 2.31. The average molecular weight is 288 g/mol. The minimum Gasteiger partial charge on any atom is -0.494 e. The predicted molar refractivity (Wildman–Crippen MR) is 83.7 cm³/mol. The minimum atomic E-state index is 0.321. The van der Waals surface area contributed by atoms with Gasteiger partial charge in [-0.3, -0.25) is 4.79 Å². The van der Waals surface area contributed by atoms with Crippen molar-refractivity contribution in [2.75, 3.05) is 37.7 Å². The summed E-state index contributed by atoms with van der Waals surface area (Å²) in [6.45, 7) is 6.23. The Bertz CT molecular complexity index is 474. The van der Waals surface area contributed by atoms with Crippen molar-refractivity contribution in [2.45, 2.75) is 26.2 Å². The quantitative estimate of drug-likeness (QED) is 0.853. The molecule has 0 unspecified atom stereocenters. The summed E-state index contributed by atoms with van der Waals surface area (Å²) >= 11 is 0. The fourth-order valence-corrected chi connectivity index (χ4v) is 3.02.